The molecule has 0 aliphatic carbocycles. The first-order valence-corrected chi connectivity index (χ1v) is 8.68. The van der Waals surface area contributed by atoms with Gasteiger partial charge in [0.05, 0.1) is 13.7 Å². The van der Waals surface area contributed by atoms with E-state index in [1.165, 1.54) is 5.56 Å². The van der Waals surface area contributed by atoms with Gasteiger partial charge in [0.1, 0.15) is 11.5 Å². The van der Waals surface area contributed by atoms with E-state index < -0.39 is 0 Å². The molecule has 6 heteroatoms. The molecule has 0 fully saturated rings. The fourth-order valence-electron chi connectivity index (χ4n) is 2.19. The lowest BCUT2D eigenvalue weighted by atomic mass is 10.2. The maximum absolute atomic E-state index is 5.45. The van der Waals surface area contributed by atoms with Crippen molar-refractivity contribution in [1.82, 2.24) is 15.2 Å². The van der Waals surface area contributed by atoms with E-state index in [9.17, 15) is 0 Å². The largest absolute Gasteiger partial charge is 0.497 e. The third-order valence-corrected chi connectivity index (χ3v) is 4.35. The summed E-state index contributed by atoms with van der Waals surface area (Å²) in [6.45, 7) is 2.63. The van der Waals surface area contributed by atoms with Gasteiger partial charge in [0.15, 0.2) is 5.82 Å². The molecule has 0 spiro atoms. The van der Waals surface area contributed by atoms with Crippen molar-refractivity contribution in [1.29, 1.82) is 0 Å². The monoisotopic (exact) mass is 341 g/mol. The summed E-state index contributed by atoms with van der Waals surface area (Å²) in [6, 6.07) is 15.8. The van der Waals surface area contributed by atoms with Crippen molar-refractivity contribution >= 4 is 11.8 Å². The Morgan fingerprint density at radius 1 is 1.00 bits per heavy atom. The van der Waals surface area contributed by atoms with Gasteiger partial charge >= 0.3 is 0 Å². The Bertz CT molecular complexity index is 770. The van der Waals surface area contributed by atoms with Crippen molar-refractivity contribution in [2.45, 2.75) is 17.8 Å². The molecule has 5 nitrogen and oxygen atoms in total. The summed E-state index contributed by atoms with van der Waals surface area (Å²) >= 11 is 1.59. The minimum Gasteiger partial charge on any atom is -0.497 e. The van der Waals surface area contributed by atoms with Gasteiger partial charge in [-0.05, 0) is 48.9 Å². The van der Waals surface area contributed by atoms with Crippen molar-refractivity contribution in [3.05, 3.63) is 54.1 Å². The highest BCUT2D eigenvalue weighted by atomic mass is 32.2. The lowest BCUT2D eigenvalue weighted by Gasteiger charge is -2.02. The van der Waals surface area contributed by atoms with Gasteiger partial charge in [0.25, 0.3) is 0 Å². The maximum Gasteiger partial charge on any atom is 0.209 e. The zero-order chi connectivity index (χ0) is 16.8. The van der Waals surface area contributed by atoms with E-state index in [4.69, 9.17) is 9.47 Å². The molecule has 0 amide bonds. The Morgan fingerprint density at radius 3 is 2.38 bits per heavy atom. The molecule has 24 heavy (non-hydrogen) atoms. The van der Waals surface area contributed by atoms with Gasteiger partial charge in [-0.3, -0.25) is 5.10 Å². The van der Waals surface area contributed by atoms with Gasteiger partial charge in [-0.1, -0.05) is 23.9 Å². The van der Waals surface area contributed by atoms with Crippen molar-refractivity contribution in [2.75, 3.05) is 13.7 Å². The topological polar surface area (TPSA) is 60.0 Å². The summed E-state index contributed by atoms with van der Waals surface area (Å²) in [7, 11) is 1.67. The molecule has 0 aliphatic rings. The van der Waals surface area contributed by atoms with E-state index in [0.29, 0.717) is 6.61 Å². The second-order valence-electron chi connectivity index (χ2n) is 5.06. The number of thioether (sulfide) groups is 1. The van der Waals surface area contributed by atoms with Gasteiger partial charge in [0.2, 0.25) is 5.16 Å². The number of hydrogen-bond donors (Lipinski definition) is 1. The average Bonchev–Trinajstić information content (AvgIpc) is 3.10. The summed E-state index contributed by atoms with van der Waals surface area (Å²) in [6.07, 6.45) is 0. The zero-order valence-corrected chi connectivity index (χ0v) is 14.5. The third-order valence-electron chi connectivity index (χ3n) is 3.43. The number of benzene rings is 2. The van der Waals surface area contributed by atoms with Crippen LogP contribution in [0.3, 0.4) is 0 Å². The van der Waals surface area contributed by atoms with E-state index in [2.05, 4.69) is 15.2 Å². The molecule has 0 radical (unpaired) electrons. The first kappa shape index (κ1) is 16.4. The SMILES string of the molecule is CCOc1ccc(-c2nc(SCc3ccc(OC)cc3)n[nH]2)cc1. The number of methoxy groups -OCH3 is 1. The standard InChI is InChI=1S/C18H19N3O2S/c1-3-23-16-10-6-14(7-11-16)17-19-18(21-20-17)24-12-13-4-8-15(22-2)9-5-13/h4-11H,3,12H2,1-2H3,(H,19,20,21). The summed E-state index contributed by atoms with van der Waals surface area (Å²) in [5, 5.41) is 7.99. The first-order chi connectivity index (χ1) is 11.8. The van der Waals surface area contributed by atoms with Crippen LogP contribution in [0.15, 0.2) is 53.7 Å². The highest BCUT2D eigenvalue weighted by molar-refractivity contribution is 7.98. The molecule has 0 aliphatic heterocycles. The number of aromatic nitrogens is 3. The predicted molar refractivity (Wildman–Crippen MR) is 95.5 cm³/mol. The Balaban J connectivity index is 1.62. The molecule has 124 valence electrons. The van der Waals surface area contributed by atoms with Crippen molar-refractivity contribution < 1.29 is 9.47 Å². The van der Waals surface area contributed by atoms with Gasteiger partial charge < -0.3 is 9.47 Å². The Morgan fingerprint density at radius 2 is 1.71 bits per heavy atom. The van der Waals surface area contributed by atoms with Crippen LogP contribution in [0.4, 0.5) is 0 Å². The minimum absolute atomic E-state index is 0.661. The number of rotatable bonds is 7. The highest BCUT2D eigenvalue weighted by Crippen LogP contribution is 2.24. The number of hydrogen-bond acceptors (Lipinski definition) is 5. The normalized spacial score (nSPS) is 10.6. The Labute approximate surface area is 145 Å². The fourth-order valence-corrected chi connectivity index (χ4v) is 2.94. The quantitative estimate of drug-likeness (QED) is 0.654. The van der Waals surface area contributed by atoms with Crippen LogP contribution in [0.2, 0.25) is 0 Å². The summed E-state index contributed by atoms with van der Waals surface area (Å²) in [5.41, 5.74) is 2.19. The molecule has 1 heterocycles. The maximum atomic E-state index is 5.45. The summed E-state index contributed by atoms with van der Waals surface area (Å²) in [4.78, 5) is 4.54. The number of nitrogens with zero attached hydrogens (tertiary/aromatic N) is 2. The van der Waals surface area contributed by atoms with Crippen molar-refractivity contribution in [3.63, 3.8) is 0 Å². The fraction of sp³-hybridized carbons (Fsp3) is 0.222. The molecule has 3 aromatic rings. The number of H-pyrrole nitrogens is 1. The van der Waals surface area contributed by atoms with Crippen LogP contribution in [-0.4, -0.2) is 28.9 Å². The molecule has 0 unspecified atom stereocenters. The average molecular weight is 341 g/mol. The summed E-state index contributed by atoms with van der Waals surface area (Å²) < 4.78 is 10.6. The summed E-state index contributed by atoms with van der Waals surface area (Å²) in [5.74, 6) is 3.29. The third kappa shape index (κ3) is 4.08. The molecule has 2 aromatic carbocycles. The van der Waals surface area contributed by atoms with Gasteiger partial charge in [-0.2, -0.15) is 0 Å². The molecule has 3 rings (SSSR count). The van der Waals surface area contributed by atoms with Crippen LogP contribution >= 0.6 is 11.8 Å². The van der Waals surface area contributed by atoms with Crippen LogP contribution in [0.5, 0.6) is 11.5 Å². The van der Waals surface area contributed by atoms with E-state index in [0.717, 1.165) is 33.8 Å². The zero-order valence-electron chi connectivity index (χ0n) is 13.7. The second kappa shape index (κ2) is 7.88. The number of ether oxygens (including phenoxy) is 2. The predicted octanol–water partition coefficient (Wildman–Crippen LogP) is 4.17. The van der Waals surface area contributed by atoms with Crippen molar-refractivity contribution in [3.8, 4) is 22.9 Å². The number of aromatic amines is 1. The second-order valence-corrected chi connectivity index (χ2v) is 6.00. The van der Waals surface area contributed by atoms with Crippen LogP contribution in [0, 0.1) is 0 Å². The van der Waals surface area contributed by atoms with Crippen molar-refractivity contribution in [2.24, 2.45) is 0 Å². The lowest BCUT2D eigenvalue weighted by Crippen LogP contribution is -1.90. The van der Waals surface area contributed by atoms with Gasteiger partial charge in [-0.15, -0.1) is 5.10 Å². The van der Waals surface area contributed by atoms with E-state index in [1.807, 2.05) is 55.5 Å². The van der Waals surface area contributed by atoms with Crippen LogP contribution in [0.25, 0.3) is 11.4 Å². The Hall–Kier alpha value is -2.47. The molecule has 0 saturated carbocycles. The van der Waals surface area contributed by atoms with E-state index in [-0.39, 0.29) is 0 Å². The molecule has 1 N–H and O–H groups in total. The van der Waals surface area contributed by atoms with Crippen LogP contribution < -0.4 is 9.47 Å². The number of nitrogens with one attached hydrogen (secondary N) is 1. The van der Waals surface area contributed by atoms with E-state index in [1.54, 1.807) is 18.9 Å². The Kier molecular flexibility index (Phi) is 5.38. The van der Waals surface area contributed by atoms with E-state index >= 15 is 0 Å². The van der Waals surface area contributed by atoms with Gasteiger partial charge in [-0.25, -0.2) is 4.98 Å². The molecule has 0 bridgehead atoms. The van der Waals surface area contributed by atoms with Crippen LogP contribution in [-0.2, 0) is 5.75 Å². The lowest BCUT2D eigenvalue weighted by molar-refractivity contribution is 0.340. The highest BCUT2D eigenvalue weighted by Gasteiger charge is 2.07. The molecule has 0 saturated heterocycles. The molecular formula is C18H19N3O2S. The molecule has 1 aromatic heterocycles. The molecular weight excluding hydrogens is 322 g/mol. The van der Waals surface area contributed by atoms with Crippen LogP contribution in [0.1, 0.15) is 12.5 Å². The first-order valence-electron chi connectivity index (χ1n) is 7.70. The van der Waals surface area contributed by atoms with Gasteiger partial charge in [0, 0.05) is 11.3 Å². The molecule has 0 atom stereocenters. The smallest absolute Gasteiger partial charge is 0.209 e. The minimum atomic E-state index is 0.661.